The zero-order valence-electron chi connectivity index (χ0n) is 11.9. The molecule has 0 radical (unpaired) electrons. The summed E-state index contributed by atoms with van der Waals surface area (Å²) in [7, 11) is 0. The summed E-state index contributed by atoms with van der Waals surface area (Å²) in [5.74, 6) is 0.741. The lowest BCUT2D eigenvalue weighted by molar-refractivity contribution is 0.621. The van der Waals surface area contributed by atoms with Crippen molar-refractivity contribution in [2.45, 2.75) is 19.9 Å². The molecule has 0 spiro atoms. The van der Waals surface area contributed by atoms with Crippen molar-refractivity contribution in [1.29, 1.82) is 0 Å². The highest BCUT2D eigenvalue weighted by molar-refractivity contribution is 5.92. The van der Waals surface area contributed by atoms with Crippen LogP contribution in [0.25, 0.3) is 22.3 Å². The van der Waals surface area contributed by atoms with Crippen molar-refractivity contribution in [1.82, 2.24) is 20.3 Å². The highest BCUT2D eigenvalue weighted by Gasteiger charge is 2.17. The van der Waals surface area contributed by atoms with E-state index in [-0.39, 0.29) is 0 Å². The Balaban J connectivity index is 1.95. The molecule has 0 fully saturated rings. The fourth-order valence-corrected chi connectivity index (χ4v) is 2.92. The van der Waals surface area contributed by atoms with Crippen LogP contribution in [0.4, 0.5) is 0 Å². The first-order valence-corrected chi connectivity index (χ1v) is 7.24. The SMILES string of the molecule is Cc1nc(-c2nccc3ccccc23)nc2c1CNCC2. The molecule has 0 saturated heterocycles. The summed E-state index contributed by atoms with van der Waals surface area (Å²) in [5.41, 5.74) is 4.32. The highest BCUT2D eigenvalue weighted by Crippen LogP contribution is 2.26. The van der Waals surface area contributed by atoms with E-state index in [9.17, 15) is 0 Å². The Bertz CT molecular complexity index is 821. The van der Waals surface area contributed by atoms with Crippen LogP contribution >= 0.6 is 0 Å². The Morgan fingerprint density at radius 2 is 2.00 bits per heavy atom. The lowest BCUT2D eigenvalue weighted by atomic mass is 10.0. The molecule has 21 heavy (non-hydrogen) atoms. The lowest BCUT2D eigenvalue weighted by Crippen LogP contribution is -2.26. The van der Waals surface area contributed by atoms with E-state index in [1.807, 2.05) is 24.4 Å². The van der Waals surface area contributed by atoms with Crippen molar-refractivity contribution in [2.24, 2.45) is 0 Å². The number of nitrogens with zero attached hydrogens (tertiary/aromatic N) is 3. The zero-order valence-corrected chi connectivity index (χ0v) is 11.9. The molecule has 4 nitrogen and oxygen atoms in total. The largest absolute Gasteiger partial charge is 0.312 e. The average Bonchev–Trinajstić information content (AvgIpc) is 2.54. The quantitative estimate of drug-likeness (QED) is 0.742. The minimum absolute atomic E-state index is 0.741. The second kappa shape index (κ2) is 4.90. The van der Waals surface area contributed by atoms with E-state index >= 15 is 0 Å². The van der Waals surface area contributed by atoms with E-state index in [2.05, 4.69) is 29.4 Å². The third kappa shape index (κ3) is 2.08. The van der Waals surface area contributed by atoms with Gasteiger partial charge in [-0.05, 0) is 18.4 Å². The maximum atomic E-state index is 4.78. The highest BCUT2D eigenvalue weighted by atomic mass is 15.0. The van der Waals surface area contributed by atoms with Crippen LogP contribution in [0.15, 0.2) is 36.5 Å². The number of aryl methyl sites for hydroxylation is 1. The summed E-state index contributed by atoms with van der Waals surface area (Å²) in [6, 6.07) is 10.3. The van der Waals surface area contributed by atoms with Crippen LogP contribution in [-0.2, 0) is 13.0 Å². The van der Waals surface area contributed by atoms with Crippen LogP contribution in [0.1, 0.15) is 17.0 Å². The van der Waals surface area contributed by atoms with Gasteiger partial charge in [-0.2, -0.15) is 0 Å². The van der Waals surface area contributed by atoms with Crippen molar-refractivity contribution in [3.8, 4) is 11.5 Å². The van der Waals surface area contributed by atoms with Gasteiger partial charge in [-0.3, -0.25) is 4.98 Å². The number of benzene rings is 1. The number of fused-ring (bicyclic) bond motifs is 2. The van der Waals surface area contributed by atoms with Crippen molar-refractivity contribution in [2.75, 3.05) is 6.54 Å². The van der Waals surface area contributed by atoms with Gasteiger partial charge in [0, 0.05) is 42.4 Å². The van der Waals surface area contributed by atoms with Crippen LogP contribution < -0.4 is 5.32 Å². The molecule has 0 atom stereocenters. The van der Waals surface area contributed by atoms with E-state index in [1.165, 1.54) is 10.9 Å². The number of rotatable bonds is 1. The maximum absolute atomic E-state index is 4.78. The van der Waals surface area contributed by atoms with Crippen LogP contribution in [0.3, 0.4) is 0 Å². The molecule has 1 N–H and O–H groups in total. The molecule has 3 heterocycles. The number of hydrogen-bond donors (Lipinski definition) is 1. The minimum atomic E-state index is 0.741. The van der Waals surface area contributed by atoms with E-state index in [4.69, 9.17) is 9.97 Å². The summed E-state index contributed by atoms with van der Waals surface area (Å²) in [5, 5.41) is 5.65. The van der Waals surface area contributed by atoms with E-state index in [0.29, 0.717) is 0 Å². The monoisotopic (exact) mass is 276 g/mol. The first-order valence-electron chi connectivity index (χ1n) is 7.24. The standard InChI is InChI=1S/C17H16N4/c1-11-14-10-18-8-7-15(14)21-17(20-11)16-13-5-3-2-4-12(13)6-9-19-16/h2-6,9,18H,7-8,10H2,1H3. The van der Waals surface area contributed by atoms with Gasteiger partial charge < -0.3 is 5.32 Å². The molecule has 2 aromatic heterocycles. The molecular formula is C17H16N4. The third-order valence-electron chi connectivity index (χ3n) is 4.03. The Hall–Kier alpha value is -2.33. The number of hydrogen-bond acceptors (Lipinski definition) is 4. The summed E-state index contributed by atoms with van der Waals surface area (Å²) in [6.45, 7) is 3.90. The van der Waals surface area contributed by atoms with Gasteiger partial charge in [-0.1, -0.05) is 24.3 Å². The fourth-order valence-electron chi connectivity index (χ4n) is 2.92. The summed E-state index contributed by atoms with van der Waals surface area (Å²) < 4.78 is 0. The number of aromatic nitrogens is 3. The van der Waals surface area contributed by atoms with Crippen LogP contribution in [0.2, 0.25) is 0 Å². The van der Waals surface area contributed by atoms with Crippen molar-refractivity contribution in [3.63, 3.8) is 0 Å². The van der Waals surface area contributed by atoms with E-state index in [0.717, 1.165) is 47.8 Å². The lowest BCUT2D eigenvalue weighted by Gasteiger charge is -2.18. The Morgan fingerprint density at radius 1 is 1.10 bits per heavy atom. The molecule has 0 saturated carbocycles. The van der Waals surface area contributed by atoms with Crippen LogP contribution in [0.5, 0.6) is 0 Å². The molecule has 1 aliphatic rings. The van der Waals surface area contributed by atoms with Gasteiger partial charge in [-0.15, -0.1) is 0 Å². The second-order valence-electron chi connectivity index (χ2n) is 5.37. The molecule has 104 valence electrons. The molecule has 0 unspecified atom stereocenters. The van der Waals surface area contributed by atoms with E-state index in [1.54, 1.807) is 0 Å². The van der Waals surface area contributed by atoms with Gasteiger partial charge >= 0.3 is 0 Å². The maximum Gasteiger partial charge on any atom is 0.179 e. The van der Waals surface area contributed by atoms with Crippen molar-refractivity contribution in [3.05, 3.63) is 53.5 Å². The summed E-state index contributed by atoms with van der Waals surface area (Å²) in [4.78, 5) is 14.0. The van der Waals surface area contributed by atoms with Gasteiger partial charge in [0.25, 0.3) is 0 Å². The van der Waals surface area contributed by atoms with Crippen LogP contribution in [-0.4, -0.2) is 21.5 Å². The third-order valence-corrected chi connectivity index (χ3v) is 4.03. The van der Waals surface area contributed by atoms with Gasteiger partial charge in [0.1, 0.15) is 5.69 Å². The molecular weight excluding hydrogens is 260 g/mol. The minimum Gasteiger partial charge on any atom is -0.312 e. The fraction of sp³-hybridized carbons (Fsp3) is 0.235. The molecule has 1 aromatic carbocycles. The topological polar surface area (TPSA) is 50.7 Å². The smallest absolute Gasteiger partial charge is 0.179 e. The zero-order chi connectivity index (χ0) is 14.2. The van der Waals surface area contributed by atoms with Gasteiger partial charge in [0.05, 0.1) is 5.69 Å². The predicted molar refractivity (Wildman–Crippen MR) is 82.9 cm³/mol. The first kappa shape index (κ1) is 12.4. The second-order valence-corrected chi connectivity index (χ2v) is 5.37. The Labute approximate surface area is 123 Å². The molecule has 1 aliphatic heterocycles. The van der Waals surface area contributed by atoms with Crippen molar-refractivity contribution < 1.29 is 0 Å². The first-order chi connectivity index (χ1) is 10.3. The van der Waals surface area contributed by atoms with Crippen LogP contribution in [0, 0.1) is 6.92 Å². The molecule has 0 bridgehead atoms. The van der Waals surface area contributed by atoms with Crippen molar-refractivity contribution >= 4 is 10.8 Å². The number of pyridine rings is 1. The molecule has 4 heteroatoms. The summed E-state index contributed by atoms with van der Waals surface area (Å²) >= 11 is 0. The molecule has 0 amide bonds. The normalized spacial score (nSPS) is 14.1. The Kier molecular flexibility index (Phi) is 2.89. The van der Waals surface area contributed by atoms with Gasteiger partial charge in [0.15, 0.2) is 5.82 Å². The van der Waals surface area contributed by atoms with Gasteiger partial charge in [0.2, 0.25) is 0 Å². The molecule has 0 aliphatic carbocycles. The summed E-state index contributed by atoms with van der Waals surface area (Å²) in [6.07, 6.45) is 2.79. The predicted octanol–water partition coefficient (Wildman–Crippen LogP) is 2.65. The molecule has 4 rings (SSSR count). The molecule has 3 aromatic rings. The number of nitrogens with one attached hydrogen (secondary N) is 1. The van der Waals surface area contributed by atoms with E-state index < -0.39 is 0 Å². The average molecular weight is 276 g/mol. The Morgan fingerprint density at radius 3 is 2.95 bits per heavy atom. The van der Waals surface area contributed by atoms with Gasteiger partial charge in [-0.25, -0.2) is 9.97 Å².